The molecule has 22 heavy (non-hydrogen) atoms. The molecule has 0 spiro atoms. The van der Waals surface area contributed by atoms with Gasteiger partial charge in [-0.1, -0.05) is 0 Å². The minimum atomic E-state index is -0.930. The van der Waals surface area contributed by atoms with Crippen molar-refractivity contribution in [2.24, 2.45) is 0 Å². The molecule has 1 aromatic rings. The lowest BCUT2D eigenvalue weighted by Crippen LogP contribution is -2.54. The first-order valence-electron chi connectivity index (χ1n) is 6.92. The summed E-state index contributed by atoms with van der Waals surface area (Å²) >= 11 is 1.63. The van der Waals surface area contributed by atoms with E-state index in [-0.39, 0.29) is 18.4 Å². The Balaban J connectivity index is 1.98. The molecule has 2 atom stereocenters. The number of carbonyl (C=O) groups is 3. The van der Waals surface area contributed by atoms with Crippen molar-refractivity contribution < 1.29 is 23.9 Å². The van der Waals surface area contributed by atoms with Crippen LogP contribution in [0.5, 0.6) is 0 Å². The maximum absolute atomic E-state index is 12.5. The number of aliphatic carboxylic acids is 1. The molecule has 8 heteroatoms. The number of carboxylic acids is 1. The van der Waals surface area contributed by atoms with E-state index in [0.29, 0.717) is 17.9 Å². The summed E-state index contributed by atoms with van der Waals surface area (Å²) in [5.41, 5.74) is 0.343. The predicted molar refractivity (Wildman–Crippen MR) is 80.7 cm³/mol. The van der Waals surface area contributed by atoms with Gasteiger partial charge in [-0.3, -0.25) is 14.4 Å². The number of nitrogens with one attached hydrogen (secondary N) is 1. The van der Waals surface area contributed by atoms with Crippen LogP contribution in [0.25, 0.3) is 0 Å². The van der Waals surface area contributed by atoms with E-state index >= 15 is 0 Å². The Morgan fingerprint density at radius 2 is 2.32 bits per heavy atom. The molecular formula is C14H18N2O5S. The number of thioether (sulfide) groups is 1. The summed E-state index contributed by atoms with van der Waals surface area (Å²) in [5.74, 6) is -0.218. The van der Waals surface area contributed by atoms with Crippen LogP contribution in [-0.4, -0.2) is 57.9 Å². The molecule has 2 heterocycles. The summed E-state index contributed by atoms with van der Waals surface area (Å²) in [5, 5.41) is 11.6. The molecule has 1 saturated heterocycles. The van der Waals surface area contributed by atoms with Crippen molar-refractivity contribution in [2.45, 2.75) is 25.4 Å². The fourth-order valence-electron chi connectivity index (χ4n) is 2.30. The molecule has 0 radical (unpaired) electrons. The third kappa shape index (κ3) is 4.03. The first-order valence-corrected chi connectivity index (χ1v) is 8.07. The Kier molecular flexibility index (Phi) is 5.48. The van der Waals surface area contributed by atoms with Crippen LogP contribution in [0.3, 0.4) is 0 Å². The quantitative estimate of drug-likeness (QED) is 0.831. The second kappa shape index (κ2) is 7.35. The van der Waals surface area contributed by atoms with Gasteiger partial charge in [-0.15, -0.1) is 0 Å². The number of amides is 2. The van der Waals surface area contributed by atoms with Crippen molar-refractivity contribution in [1.82, 2.24) is 10.2 Å². The van der Waals surface area contributed by atoms with Crippen molar-refractivity contribution in [3.05, 3.63) is 24.2 Å². The maximum atomic E-state index is 12.5. The van der Waals surface area contributed by atoms with Gasteiger partial charge in [0.05, 0.1) is 24.3 Å². The second-order valence-electron chi connectivity index (χ2n) is 5.07. The van der Waals surface area contributed by atoms with E-state index in [0.717, 1.165) is 5.75 Å². The van der Waals surface area contributed by atoms with Gasteiger partial charge in [0, 0.05) is 18.1 Å². The number of hydrogen-bond acceptors (Lipinski definition) is 5. The summed E-state index contributed by atoms with van der Waals surface area (Å²) in [6.07, 6.45) is 2.60. The monoisotopic (exact) mass is 326 g/mol. The molecule has 2 rings (SSSR count). The molecule has 2 N–H and O–H groups in total. The highest BCUT2D eigenvalue weighted by Gasteiger charge is 2.32. The SMILES string of the molecule is CC(NC(=O)c1ccoc1)C(=O)N1CCSCC1CC(=O)O. The van der Waals surface area contributed by atoms with Crippen LogP contribution in [0, 0.1) is 0 Å². The Morgan fingerprint density at radius 3 is 2.95 bits per heavy atom. The van der Waals surface area contributed by atoms with Gasteiger partial charge >= 0.3 is 5.97 Å². The molecule has 1 aliphatic heterocycles. The van der Waals surface area contributed by atoms with Crippen molar-refractivity contribution in [3.8, 4) is 0 Å². The van der Waals surface area contributed by atoms with Gasteiger partial charge in [-0.25, -0.2) is 0 Å². The normalized spacial score (nSPS) is 19.5. The molecule has 0 aliphatic carbocycles. The van der Waals surface area contributed by atoms with E-state index in [2.05, 4.69) is 5.32 Å². The van der Waals surface area contributed by atoms with Crippen LogP contribution in [0.1, 0.15) is 23.7 Å². The predicted octanol–water partition coefficient (Wildman–Crippen LogP) is 0.817. The van der Waals surface area contributed by atoms with E-state index in [1.807, 2.05) is 0 Å². The van der Waals surface area contributed by atoms with Crippen molar-refractivity contribution >= 4 is 29.5 Å². The molecule has 1 aliphatic rings. The highest BCUT2D eigenvalue weighted by Crippen LogP contribution is 2.20. The molecule has 1 fully saturated rings. The number of nitrogens with zero attached hydrogens (tertiary/aromatic N) is 1. The zero-order chi connectivity index (χ0) is 16.1. The molecule has 2 amide bonds. The summed E-state index contributed by atoms with van der Waals surface area (Å²) in [4.78, 5) is 36.9. The lowest BCUT2D eigenvalue weighted by atomic mass is 10.1. The third-order valence-corrected chi connectivity index (χ3v) is 4.51. The van der Waals surface area contributed by atoms with Crippen LogP contribution in [0.4, 0.5) is 0 Å². The van der Waals surface area contributed by atoms with E-state index in [1.165, 1.54) is 18.6 Å². The number of carboxylic acid groups (broad SMARTS) is 1. The summed E-state index contributed by atoms with van der Waals surface area (Å²) in [7, 11) is 0. The summed E-state index contributed by atoms with van der Waals surface area (Å²) in [6, 6.07) is 0.455. The maximum Gasteiger partial charge on any atom is 0.305 e. The second-order valence-corrected chi connectivity index (χ2v) is 6.22. The smallest absolute Gasteiger partial charge is 0.305 e. The molecule has 0 aromatic carbocycles. The standard InChI is InChI=1S/C14H18N2O5S/c1-9(15-13(19)10-2-4-21-7-10)14(20)16-3-5-22-8-11(16)6-12(17)18/h2,4,7,9,11H,3,5-6,8H2,1H3,(H,15,19)(H,17,18). The minimum absolute atomic E-state index is 0.0822. The summed E-state index contributed by atoms with van der Waals surface area (Å²) < 4.78 is 4.83. The number of carbonyl (C=O) groups excluding carboxylic acids is 2. The van der Waals surface area contributed by atoms with Crippen LogP contribution in [0.15, 0.2) is 23.0 Å². The molecule has 0 saturated carbocycles. The average molecular weight is 326 g/mol. The molecular weight excluding hydrogens is 308 g/mol. The molecule has 7 nitrogen and oxygen atoms in total. The van der Waals surface area contributed by atoms with Gasteiger partial charge in [-0.05, 0) is 13.0 Å². The average Bonchev–Trinajstić information content (AvgIpc) is 3.00. The van der Waals surface area contributed by atoms with Crippen LogP contribution < -0.4 is 5.32 Å². The molecule has 1 aromatic heterocycles. The van der Waals surface area contributed by atoms with Crippen LogP contribution in [0.2, 0.25) is 0 Å². The van der Waals surface area contributed by atoms with Gasteiger partial charge in [0.1, 0.15) is 12.3 Å². The lowest BCUT2D eigenvalue weighted by Gasteiger charge is -2.36. The van der Waals surface area contributed by atoms with E-state index in [1.54, 1.807) is 23.6 Å². The highest BCUT2D eigenvalue weighted by molar-refractivity contribution is 7.99. The molecule has 0 bridgehead atoms. The van der Waals surface area contributed by atoms with Gasteiger partial charge in [0.15, 0.2) is 0 Å². The zero-order valence-electron chi connectivity index (χ0n) is 12.2. The zero-order valence-corrected chi connectivity index (χ0v) is 13.0. The molecule has 120 valence electrons. The van der Waals surface area contributed by atoms with Gasteiger partial charge in [0.2, 0.25) is 5.91 Å². The Hall–Kier alpha value is -1.96. The summed E-state index contributed by atoms with van der Waals surface area (Å²) in [6.45, 7) is 2.09. The minimum Gasteiger partial charge on any atom is -0.481 e. The van der Waals surface area contributed by atoms with Crippen molar-refractivity contribution in [2.75, 3.05) is 18.1 Å². The van der Waals surface area contributed by atoms with Crippen LogP contribution in [-0.2, 0) is 9.59 Å². The number of furan rings is 1. The topological polar surface area (TPSA) is 99.9 Å². The first kappa shape index (κ1) is 16.4. The first-order chi connectivity index (χ1) is 10.5. The largest absolute Gasteiger partial charge is 0.481 e. The highest BCUT2D eigenvalue weighted by atomic mass is 32.2. The Bertz CT molecular complexity index is 545. The third-order valence-electron chi connectivity index (χ3n) is 3.42. The van der Waals surface area contributed by atoms with Crippen molar-refractivity contribution in [1.29, 1.82) is 0 Å². The fourth-order valence-corrected chi connectivity index (χ4v) is 3.36. The van der Waals surface area contributed by atoms with Gasteiger partial charge < -0.3 is 19.7 Å². The van der Waals surface area contributed by atoms with E-state index < -0.39 is 17.9 Å². The van der Waals surface area contributed by atoms with E-state index in [4.69, 9.17) is 9.52 Å². The number of rotatable bonds is 5. The Morgan fingerprint density at radius 1 is 1.55 bits per heavy atom. The fraction of sp³-hybridized carbons (Fsp3) is 0.500. The lowest BCUT2D eigenvalue weighted by molar-refractivity contribution is -0.141. The number of hydrogen-bond donors (Lipinski definition) is 2. The molecule has 2 unspecified atom stereocenters. The van der Waals surface area contributed by atoms with E-state index in [9.17, 15) is 14.4 Å². The van der Waals surface area contributed by atoms with Gasteiger partial charge in [-0.2, -0.15) is 11.8 Å². The van der Waals surface area contributed by atoms with Crippen molar-refractivity contribution in [3.63, 3.8) is 0 Å². The Labute approximate surface area is 132 Å². The van der Waals surface area contributed by atoms with Crippen LogP contribution >= 0.6 is 11.8 Å². The van der Waals surface area contributed by atoms with Gasteiger partial charge in [0.25, 0.3) is 5.91 Å².